The third-order valence-electron chi connectivity index (χ3n) is 2.82. The van der Waals surface area contributed by atoms with Crippen LogP contribution in [0.5, 0.6) is 0 Å². The largest absolute Gasteiger partial charge is 0.257 e. The fraction of sp³-hybridized carbons (Fsp3) is 0.308. The summed E-state index contributed by atoms with van der Waals surface area (Å²) in [6, 6.07) is 8.51. The molecule has 0 radical (unpaired) electrons. The smallest absolute Gasteiger partial charge is 0.0482 e. The van der Waals surface area contributed by atoms with Crippen molar-refractivity contribution in [2.45, 2.75) is 27.2 Å². The number of aryl methyl sites for hydroxylation is 3. The van der Waals surface area contributed by atoms with Crippen molar-refractivity contribution in [2.24, 2.45) is 0 Å². The molecule has 1 aromatic carbocycles. The number of benzene rings is 1. The maximum absolute atomic E-state index is 4.62. The minimum absolute atomic E-state index is 1.00. The average Bonchev–Trinajstić information content (AvgIpc) is 2.23. The zero-order valence-corrected chi connectivity index (χ0v) is 8.96. The van der Waals surface area contributed by atoms with Gasteiger partial charge in [0.25, 0.3) is 0 Å². The van der Waals surface area contributed by atoms with Gasteiger partial charge in [-0.1, -0.05) is 31.2 Å². The number of hydrogen-bond donors (Lipinski definition) is 0. The molecular weight excluding hydrogens is 170 g/mol. The lowest BCUT2D eigenvalue weighted by molar-refractivity contribution is 1.02. The van der Waals surface area contributed by atoms with Crippen LogP contribution in [-0.2, 0) is 6.42 Å². The molecule has 0 atom stereocenters. The molecule has 0 fully saturated rings. The molecule has 1 aromatic heterocycles. The quantitative estimate of drug-likeness (QED) is 0.663. The van der Waals surface area contributed by atoms with Crippen molar-refractivity contribution >= 4 is 10.8 Å². The van der Waals surface area contributed by atoms with Gasteiger partial charge in [0.2, 0.25) is 0 Å². The van der Waals surface area contributed by atoms with E-state index in [4.69, 9.17) is 0 Å². The lowest BCUT2D eigenvalue weighted by Gasteiger charge is -2.09. The van der Waals surface area contributed by atoms with Crippen molar-refractivity contribution in [3.63, 3.8) is 0 Å². The topological polar surface area (TPSA) is 12.9 Å². The Balaban J connectivity index is 2.89. The van der Waals surface area contributed by atoms with E-state index in [0.717, 1.165) is 12.1 Å². The van der Waals surface area contributed by atoms with Crippen LogP contribution >= 0.6 is 0 Å². The highest BCUT2D eigenvalue weighted by Crippen LogP contribution is 2.22. The third kappa shape index (κ3) is 1.29. The van der Waals surface area contributed by atoms with Crippen molar-refractivity contribution in [1.29, 1.82) is 0 Å². The standard InChI is InChI=1S/C13H15N/c1-4-13-12-8-6-5-7-11(12)9(2)10(3)14-13/h5-8H,4H2,1-3H3. The summed E-state index contributed by atoms with van der Waals surface area (Å²) in [5, 5.41) is 2.65. The highest BCUT2D eigenvalue weighted by atomic mass is 14.7. The van der Waals surface area contributed by atoms with Crippen LogP contribution in [0.25, 0.3) is 10.8 Å². The van der Waals surface area contributed by atoms with Crippen molar-refractivity contribution in [2.75, 3.05) is 0 Å². The molecule has 1 heteroatoms. The van der Waals surface area contributed by atoms with Crippen LogP contribution in [0.15, 0.2) is 24.3 Å². The van der Waals surface area contributed by atoms with E-state index in [2.05, 4.69) is 50.0 Å². The molecule has 0 unspecified atom stereocenters. The average molecular weight is 185 g/mol. The second kappa shape index (κ2) is 3.41. The van der Waals surface area contributed by atoms with E-state index < -0.39 is 0 Å². The van der Waals surface area contributed by atoms with Gasteiger partial charge in [0.15, 0.2) is 0 Å². The third-order valence-corrected chi connectivity index (χ3v) is 2.82. The zero-order chi connectivity index (χ0) is 10.1. The Labute approximate surface area is 84.8 Å². The van der Waals surface area contributed by atoms with Crippen molar-refractivity contribution in [3.05, 3.63) is 41.2 Å². The molecule has 1 heterocycles. The number of aromatic nitrogens is 1. The summed E-state index contributed by atoms with van der Waals surface area (Å²) >= 11 is 0. The summed E-state index contributed by atoms with van der Waals surface area (Å²) in [4.78, 5) is 4.62. The van der Waals surface area contributed by atoms with Crippen LogP contribution in [0.3, 0.4) is 0 Å². The Morgan fingerprint density at radius 1 is 1.07 bits per heavy atom. The summed E-state index contributed by atoms with van der Waals surface area (Å²) in [5.41, 5.74) is 3.67. The Bertz CT molecular complexity index is 472. The van der Waals surface area contributed by atoms with E-state index in [1.165, 1.54) is 22.0 Å². The summed E-state index contributed by atoms with van der Waals surface area (Å²) < 4.78 is 0. The van der Waals surface area contributed by atoms with E-state index in [9.17, 15) is 0 Å². The van der Waals surface area contributed by atoms with Gasteiger partial charge in [-0.15, -0.1) is 0 Å². The van der Waals surface area contributed by atoms with E-state index in [1.807, 2.05) is 0 Å². The molecular formula is C13H15N. The van der Waals surface area contributed by atoms with Gasteiger partial charge in [0.1, 0.15) is 0 Å². The first-order valence-electron chi connectivity index (χ1n) is 5.09. The predicted octanol–water partition coefficient (Wildman–Crippen LogP) is 3.41. The normalized spacial score (nSPS) is 10.8. The van der Waals surface area contributed by atoms with Crippen LogP contribution in [-0.4, -0.2) is 4.98 Å². The maximum Gasteiger partial charge on any atom is 0.0482 e. The van der Waals surface area contributed by atoms with Crippen LogP contribution in [0.1, 0.15) is 23.9 Å². The van der Waals surface area contributed by atoms with E-state index >= 15 is 0 Å². The molecule has 0 saturated heterocycles. The highest BCUT2D eigenvalue weighted by molar-refractivity contribution is 5.87. The molecule has 14 heavy (non-hydrogen) atoms. The van der Waals surface area contributed by atoms with E-state index in [1.54, 1.807) is 0 Å². The minimum atomic E-state index is 1.00. The van der Waals surface area contributed by atoms with Crippen LogP contribution in [0.2, 0.25) is 0 Å². The van der Waals surface area contributed by atoms with Crippen molar-refractivity contribution in [1.82, 2.24) is 4.98 Å². The van der Waals surface area contributed by atoms with Crippen LogP contribution in [0.4, 0.5) is 0 Å². The van der Waals surface area contributed by atoms with Gasteiger partial charge in [-0.3, -0.25) is 4.98 Å². The molecule has 0 spiro atoms. The predicted molar refractivity (Wildman–Crippen MR) is 60.6 cm³/mol. The van der Waals surface area contributed by atoms with E-state index in [-0.39, 0.29) is 0 Å². The van der Waals surface area contributed by atoms with Crippen LogP contribution < -0.4 is 0 Å². The summed E-state index contributed by atoms with van der Waals surface area (Å²) in [7, 11) is 0. The first-order chi connectivity index (χ1) is 6.74. The summed E-state index contributed by atoms with van der Waals surface area (Å²) in [6.07, 6.45) is 1.00. The Morgan fingerprint density at radius 3 is 2.36 bits per heavy atom. The molecule has 2 rings (SSSR count). The van der Waals surface area contributed by atoms with Gasteiger partial charge in [-0.25, -0.2) is 0 Å². The number of nitrogens with zero attached hydrogens (tertiary/aromatic N) is 1. The Kier molecular flexibility index (Phi) is 2.24. The summed E-state index contributed by atoms with van der Waals surface area (Å²) in [6.45, 7) is 6.38. The summed E-state index contributed by atoms with van der Waals surface area (Å²) in [5.74, 6) is 0. The van der Waals surface area contributed by atoms with Crippen molar-refractivity contribution in [3.8, 4) is 0 Å². The molecule has 0 aliphatic rings. The number of pyridine rings is 1. The molecule has 0 saturated carbocycles. The molecule has 0 bridgehead atoms. The lowest BCUT2D eigenvalue weighted by atomic mass is 10.0. The van der Waals surface area contributed by atoms with Gasteiger partial charge >= 0.3 is 0 Å². The Hall–Kier alpha value is -1.37. The number of hydrogen-bond acceptors (Lipinski definition) is 1. The first kappa shape index (κ1) is 9.20. The second-order valence-corrected chi connectivity index (χ2v) is 3.67. The molecule has 0 aliphatic heterocycles. The minimum Gasteiger partial charge on any atom is -0.257 e. The van der Waals surface area contributed by atoms with Gasteiger partial charge in [-0.2, -0.15) is 0 Å². The molecule has 72 valence electrons. The fourth-order valence-electron chi connectivity index (χ4n) is 1.87. The molecule has 0 amide bonds. The first-order valence-corrected chi connectivity index (χ1v) is 5.09. The monoisotopic (exact) mass is 185 g/mol. The SMILES string of the molecule is CCc1nc(C)c(C)c2ccccc12. The highest BCUT2D eigenvalue weighted by Gasteiger charge is 2.05. The van der Waals surface area contributed by atoms with Gasteiger partial charge in [-0.05, 0) is 31.2 Å². The van der Waals surface area contributed by atoms with Gasteiger partial charge < -0.3 is 0 Å². The number of rotatable bonds is 1. The molecule has 1 nitrogen and oxygen atoms in total. The lowest BCUT2D eigenvalue weighted by Crippen LogP contribution is -1.95. The van der Waals surface area contributed by atoms with Crippen LogP contribution in [0, 0.1) is 13.8 Å². The Morgan fingerprint density at radius 2 is 1.71 bits per heavy atom. The second-order valence-electron chi connectivity index (χ2n) is 3.67. The van der Waals surface area contributed by atoms with Gasteiger partial charge in [0, 0.05) is 16.8 Å². The fourth-order valence-corrected chi connectivity index (χ4v) is 1.87. The van der Waals surface area contributed by atoms with Gasteiger partial charge in [0.05, 0.1) is 0 Å². The molecule has 2 aromatic rings. The molecule has 0 N–H and O–H groups in total. The number of fused-ring (bicyclic) bond motifs is 1. The zero-order valence-electron chi connectivity index (χ0n) is 8.96. The van der Waals surface area contributed by atoms with Crippen molar-refractivity contribution < 1.29 is 0 Å². The maximum atomic E-state index is 4.62. The van der Waals surface area contributed by atoms with E-state index in [0.29, 0.717) is 0 Å². The molecule has 0 aliphatic carbocycles.